The van der Waals surface area contributed by atoms with E-state index in [-0.39, 0.29) is 41.8 Å². The van der Waals surface area contributed by atoms with Crippen molar-refractivity contribution in [3.8, 4) is 0 Å². The summed E-state index contributed by atoms with van der Waals surface area (Å²) >= 11 is 6.26. The number of nitrogens with zero attached hydrogens (tertiary/aromatic N) is 3. The minimum atomic E-state index is -4.51. The average molecular weight is 499 g/mol. The van der Waals surface area contributed by atoms with Gasteiger partial charge in [-0.2, -0.15) is 0 Å². The van der Waals surface area contributed by atoms with E-state index in [1.54, 1.807) is 0 Å². The molecule has 1 atom stereocenters. The maximum Gasteiger partial charge on any atom is 1.00 e. The second-order valence-corrected chi connectivity index (χ2v) is 11.2. The van der Waals surface area contributed by atoms with Gasteiger partial charge in [0.05, 0.1) is 0 Å². The van der Waals surface area contributed by atoms with Crippen LogP contribution in [0, 0.1) is 3.95 Å². The van der Waals surface area contributed by atoms with Crippen molar-refractivity contribution in [2.75, 3.05) is 0 Å². The van der Waals surface area contributed by atoms with Gasteiger partial charge in [-0.15, -0.1) is 10.2 Å². The summed E-state index contributed by atoms with van der Waals surface area (Å²) in [6.45, 7) is 2.25. The smallest absolute Gasteiger partial charge is 0.747 e. The molecule has 0 radical (unpaired) electrons. The van der Waals surface area contributed by atoms with Gasteiger partial charge in [-0.05, 0) is 18.6 Å². The Hall–Kier alpha value is 0.160. The largest absolute Gasteiger partial charge is 1.00 e. The van der Waals surface area contributed by atoms with Crippen molar-refractivity contribution < 1.29 is 42.5 Å². The van der Waals surface area contributed by atoms with Crippen LogP contribution in [0.15, 0.2) is 0 Å². The van der Waals surface area contributed by atoms with Crippen LogP contribution >= 0.6 is 23.6 Å². The molecule has 0 aromatic carbocycles. The molecule has 0 bridgehead atoms. The van der Waals surface area contributed by atoms with E-state index in [4.69, 9.17) is 12.2 Å². The number of aromatic amines is 1. The Labute approximate surface area is 217 Å². The van der Waals surface area contributed by atoms with E-state index in [1.807, 2.05) is 0 Å². The maximum atomic E-state index is 11.8. The monoisotopic (exact) mass is 498 g/mol. The number of nitrogens with one attached hydrogen (secondary N) is 1. The van der Waals surface area contributed by atoms with Gasteiger partial charge in [0.2, 0.25) is 4.96 Å². The summed E-state index contributed by atoms with van der Waals surface area (Å²) in [5.41, 5.74) is 0. The Kier molecular flexibility index (Phi) is 15.0. The third-order valence-corrected chi connectivity index (χ3v) is 7.71. The zero-order valence-electron chi connectivity index (χ0n) is 19.0. The van der Waals surface area contributed by atoms with Crippen LogP contribution in [0.3, 0.4) is 0 Å². The molecule has 0 amide bonds. The van der Waals surface area contributed by atoms with Crippen LogP contribution in [0.1, 0.15) is 114 Å². The quantitative estimate of drug-likeness (QED) is 0.155. The number of rotatable bonds is 17. The summed E-state index contributed by atoms with van der Waals surface area (Å²) in [5.74, 6) is 0.141. The predicted octanol–water partition coefficient (Wildman–Crippen LogP) is 3.31. The molecule has 31 heavy (non-hydrogen) atoms. The van der Waals surface area contributed by atoms with Crippen molar-refractivity contribution in [2.45, 2.75) is 108 Å². The van der Waals surface area contributed by atoms with E-state index >= 15 is 0 Å². The summed E-state index contributed by atoms with van der Waals surface area (Å²) in [6, 6.07) is 0. The molecule has 1 unspecified atom stereocenters. The molecule has 2 aromatic rings. The Morgan fingerprint density at radius 1 is 0.935 bits per heavy atom. The molecule has 0 aliphatic rings. The molecule has 7 nitrogen and oxygen atoms in total. The van der Waals surface area contributed by atoms with Crippen molar-refractivity contribution >= 4 is 38.6 Å². The first-order valence-electron chi connectivity index (χ1n) is 11.3. The molecule has 0 fully saturated rings. The second-order valence-electron chi connectivity index (χ2n) is 8.04. The third kappa shape index (κ3) is 10.8. The van der Waals surface area contributed by atoms with E-state index in [0.29, 0.717) is 15.3 Å². The Morgan fingerprint density at radius 3 is 1.90 bits per heavy atom. The van der Waals surface area contributed by atoms with E-state index < -0.39 is 15.4 Å². The van der Waals surface area contributed by atoms with Gasteiger partial charge in [0, 0.05) is 0 Å². The summed E-state index contributed by atoms with van der Waals surface area (Å²) in [6.07, 6.45) is 17.4. The van der Waals surface area contributed by atoms with Crippen LogP contribution in [-0.2, 0) is 10.1 Å². The average Bonchev–Trinajstić information content (AvgIpc) is 3.23. The number of hydrogen-bond donors (Lipinski definition) is 1. The fourth-order valence-electron chi connectivity index (χ4n) is 3.78. The zero-order chi connectivity index (χ0) is 21.8. The Balaban J connectivity index is 0.00000480. The maximum absolute atomic E-state index is 11.8. The zero-order valence-corrected chi connectivity index (χ0v) is 23.4. The number of hydrogen-bond acceptors (Lipinski definition) is 7. The first-order valence-corrected chi connectivity index (χ1v) is 14.0. The normalized spacial score (nSPS) is 12.8. The molecular weight excluding hydrogens is 463 g/mol. The molecule has 2 aromatic heterocycles. The molecule has 0 saturated heterocycles. The van der Waals surface area contributed by atoms with Crippen molar-refractivity contribution in [1.82, 2.24) is 19.8 Å². The van der Waals surface area contributed by atoms with Gasteiger partial charge in [-0.1, -0.05) is 108 Å². The SMILES string of the molecule is CCCCCCCCCCCCCCCCC(c1nnc2sc(=S)[nH]n12)S(=O)(=O)[O-].[Na+]. The van der Waals surface area contributed by atoms with Crippen LogP contribution in [0.4, 0.5) is 0 Å². The minimum Gasteiger partial charge on any atom is -0.747 e. The molecule has 11 heteroatoms. The van der Waals surface area contributed by atoms with E-state index in [0.717, 1.165) is 19.3 Å². The van der Waals surface area contributed by atoms with E-state index in [9.17, 15) is 13.0 Å². The van der Waals surface area contributed by atoms with Gasteiger partial charge in [-0.25, -0.2) is 12.9 Å². The molecule has 1 N–H and O–H groups in total. The van der Waals surface area contributed by atoms with Gasteiger partial charge >= 0.3 is 29.6 Å². The van der Waals surface area contributed by atoms with Crippen molar-refractivity contribution in [1.29, 1.82) is 0 Å². The fourth-order valence-corrected chi connectivity index (χ4v) is 5.58. The first kappa shape index (κ1) is 29.2. The van der Waals surface area contributed by atoms with Crippen molar-refractivity contribution in [3.05, 3.63) is 9.78 Å². The molecule has 0 aliphatic heterocycles. The summed E-state index contributed by atoms with van der Waals surface area (Å²) in [5, 5.41) is 9.48. The Bertz CT molecular complexity index is 895. The third-order valence-electron chi connectivity index (χ3n) is 5.50. The molecular formula is C20H35N4NaO3S3. The fraction of sp³-hybridized carbons (Fsp3) is 0.850. The predicted molar refractivity (Wildman–Crippen MR) is 123 cm³/mol. The van der Waals surface area contributed by atoms with Crippen molar-refractivity contribution in [2.24, 2.45) is 0 Å². The summed E-state index contributed by atoms with van der Waals surface area (Å²) in [4.78, 5) is 0.476. The minimum absolute atomic E-state index is 0. The van der Waals surface area contributed by atoms with Crippen molar-refractivity contribution in [3.63, 3.8) is 0 Å². The number of H-pyrrole nitrogens is 1. The van der Waals surface area contributed by atoms with Gasteiger partial charge in [0.1, 0.15) is 15.4 Å². The first-order chi connectivity index (χ1) is 14.4. The van der Waals surface area contributed by atoms with Crippen LogP contribution < -0.4 is 29.6 Å². The molecule has 0 aliphatic carbocycles. The van der Waals surface area contributed by atoms with Gasteiger partial charge < -0.3 is 4.55 Å². The molecule has 0 saturated carbocycles. The number of unbranched alkanes of at least 4 members (excludes halogenated alkanes) is 13. The molecule has 2 rings (SSSR count). The van der Waals surface area contributed by atoms with E-state index in [1.165, 1.54) is 80.1 Å². The summed E-state index contributed by atoms with van der Waals surface area (Å²) in [7, 11) is -4.51. The number of aromatic nitrogens is 4. The van der Waals surface area contributed by atoms with Gasteiger partial charge in [0.15, 0.2) is 9.78 Å². The second kappa shape index (κ2) is 15.9. The molecule has 0 spiro atoms. The molecule has 2 heterocycles. The van der Waals surface area contributed by atoms with Crippen LogP contribution in [-0.4, -0.2) is 32.8 Å². The Morgan fingerprint density at radius 2 is 1.42 bits per heavy atom. The molecule has 172 valence electrons. The number of fused-ring (bicyclic) bond motifs is 1. The topological polar surface area (TPSA) is 103 Å². The standard InChI is InChI=1S/C20H36N4O3S3.Na/c1-2-3-4-5-6-7-8-9-10-11-12-13-14-15-16-17(30(25,26)27)18-21-22-19-24(18)23-20(28)29-19;/h17H,2-16H2,1H3,(H,23,28)(H,25,26,27);/q;+1/p-1. The van der Waals surface area contributed by atoms with Crippen LogP contribution in [0.2, 0.25) is 0 Å². The van der Waals surface area contributed by atoms with Crippen LogP contribution in [0.25, 0.3) is 4.96 Å². The van der Waals surface area contributed by atoms with Gasteiger partial charge in [-0.3, -0.25) is 5.10 Å². The summed E-state index contributed by atoms with van der Waals surface area (Å²) < 4.78 is 37.2. The van der Waals surface area contributed by atoms with Gasteiger partial charge in [0.25, 0.3) is 0 Å². The van der Waals surface area contributed by atoms with Crippen LogP contribution in [0.5, 0.6) is 0 Å². The van der Waals surface area contributed by atoms with E-state index in [2.05, 4.69) is 22.2 Å².